The summed E-state index contributed by atoms with van der Waals surface area (Å²) in [6.07, 6.45) is -8.85. The van der Waals surface area contributed by atoms with Crippen LogP contribution in [0.15, 0.2) is 35.8 Å². The minimum absolute atomic E-state index is 0.0381. The first-order valence-corrected chi connectivity index (χ1v) is 12.7. The zero-order valence-electron chi connectivity index (χ0n) is 19.3. The maximum atomic E-state index is 13.9. The van der Waals surface area contributed by atoms with E-state index in [4.69, 9.17) is 27.9 Å². The van der Waals surface area contributed by atoms with Crippen molar-refractivity contribution in [1.29, 1.82) is 0 Å². The minimum atomic E-state index is -4.73. The summed E-state index contributed by atoms with van der Waals surface area (Å²) >= 11 is 13.1. The molecule has 4 aromatic rings. The summed E-state index contributed by atoms with van der Waals surface area (Å²) in [5.74, 6) is 0. The molecule has 0 aliphatic carbocycles. The minimum Gasteiger partial charge on any atom is -0.394 e. The van der Waals surface area contributed by atoms with Crippen molar-refractivity contribution in [2.45, 2.75) is 43.6 Å². The molecule has 1 fully saturated rings. The molecule has 2 unspecified atom stereocenters. The summed E-state index contributed by atoms with van der Waals surface area (Å²) in [6.45, 7) is 0.911. The monoisotopic (exact) mass is 590 g/mol. The Balaban J connectivity index is 1.58. The van der Waals surface area contributed by atoms with Crippen LogP contribution in [0.4, 0.5) is 13.2 Å². The van der Waals surface area contributed by atoms with Crippen LogP contribution in [0.25, 0.3) is 16.4 Å². The lowest BCUT2D eigenvalue weighted by Gasteiger charge is -2.42. The van der Waals surface area contributed by atoms with Crippen molar-refractivity contribution in [3.05, 3.63) is 63.0 Å². The van der Waals surface area contributed by atoms with Gasteiger partial charge in [-0.2, -0.15) is 18.3 Å². The number of benzene rings is 1. The molecule has 1 aliphatic heterocycles. The topological polar surface area (TPSA) is 131 Å². The fourth-order valence-electron chi connectivity index (χ4n) is 4.39. The Bertz CT molecular complexity index is 1460. The zero-order valence-corrected chi connectivity index (χ0v) is 21.6. The molecule has 5 atom stereocenters. The first-order chi connectivity index (χ1) is 18.0. The normalized spacial score (nSPS) is 24.2. The number of ether oxygens (including phenoxy) is 1. The first kappa shape index (κ1) is 27.0. The first-order valence-electron chi connectivity index (χ1n) is 11.1. The van der Waals surface area contributed by atoms with E-state index in [0.29, 0.717) is 16.4 Å². The van der Waals surface area contributed by atoms with Gasteiger partial charge in [-0.3, -0.25) is 0 Å². The highest BCUT2D eigenvalue weighted by molar-refractivity contribution is 7.13. The van der Waals surface area contributed by atoms with Crippen molar-refractivity contribution >= 4 is 34.5 Å². The van der Waals surface area contributed by atoms with Gasteiger partial charge in [0, 0.05) is 10.4 Å². The van der Waals surface area contributed by atoms with Crippen molar-refractivity contribution in [3.8, 4) is 16.4 Å². The Labute approximate surface area is 226 Å². The second-order valence-electron chi connectivity index (χ2n) is 8.59. The highest BCUT2D eigenvalue weighted by atomic mass is 35.5. The Morgan fingerprint density at radius 3 is 2.58 bits per heavy atom. The van der Waals surface area contributed by atoms with Gasteiger partial charge >= 0.3 is 6.18 Å². The molecule has 0 radical (unpaired) electrons. The number of hydrogen-bond acceptors (Lipinski definition) is 9. The number of alkyl halides is 3. The quantitative estimate of drug-likeness (QED) is 0.321. The van der Waals surface area contributed by atoms with Gasteiger partial charge in [-0.25, -0.2) is 14.3 Å². The lowest BCUT2D eigenvalue weighted by atomic mass is 9.91. The number of rotatable bonds is 5. The van der Waals surface area contributed by atoms with Crippen LogP contribution < -0.4 is 0 Å². The standard InChI is InChI=1S/C22H19Cl2F3N6O4S/c1-9-4-14(33(30-9)13-5-10(23)2-3-11(13)22(25,26)27)20-19(36)17(18(35)15(7-34)37-20)32-6-12(29-31-32)21-28-16(24)8-38-21/h2-6,8,15,17-20,34-36H,7H2,1H3/t15?,17-,18-,19?,20-/m0/s1. The molecule has 0 spiro atoms. The average molecular weight is 591 g/mol. The predicted octanol–water partition coefficient (Wildman–Crippen LogP) is 3.62. The van der Waals surface area contributed by atoms with Crippen LogP contribution in [0.5, 0.6) is 0 Å². The second-order valence-corrected chi connectivity index (χ2v) is 10.3. The Morgan fingerprint density at radius 1 is 1.16 bits per heavy atom. The number of aromatic nitrogens is 6. The molecule has 10 nitrogen and oxygen atoms in total. The van der Waals surface area contributed by atoms with Gasteiger partial charge in [0.1, 0.15) is 46.3 Å². The number of thiazole rings is 1. The van der Waals surface area contributed by atoms with Crippen LogP contribution in [0.1, 0.15) is 29.1 Å². The van der Waals surface area contributed by atoms with E-state index < -0.39 is 48.8 Å². The lowest BCUT2D eigenvalue weighted by molar-refractivity contribution is -0.209. The van der Waals surface area contributed by atoms with E-state index in [9.17, 15) is 28.5 Å². The molecule has 5 rings (SSSR count). The maximum absolute atomic E-state index is 13.9. The summed E-state index contributed by atoms with van der Waals surface area (Å²) in [5.41, 5.74) is -0.689. The van der Waals surface area contributed by atoms with Crippen LogP contribution >= 0.6 is 34.5 Å². The summed E-state index contributed by atoms with van der Waals surface area (Å²) in [7, 11) is 0. The number of halogens is 5. The van der Waals surface area contributed by atoms with Gasteiger partial charge in [0.05, 0.1) is 35.4 Å². The molecule has 1 aliphatic rings. The molecule has 202 valence electrons. The molecule has 0 saturated carbocycles. The van der Waals surface area contributed by atoms with Crippen molar-refractivity contribution in [1.82, 2.24) is 29.8 Å². The average Bonchev–Trinajstić information content (AvgIpc) is 3.58. The molecular weight excluding hydrogens is 572 g/mol. The third-order valence-electron chi connectivity index (χ3n) is 6.05. The highest BCUT2D eigenvalue weighted by Crippen LogP contribution is 2.41. The fourth-order valence-corrected chi connectivity index (χ4v) is 5.45. The molecule has 1 aromatic carbocycles. The van der Waals surface area contributed by atoms with Gasteiger partial charge in [-0.15, -0.1) is 16.4 Å². The lowest BCUT2D eigenvalue weighted by Crippen LogP contribution is -2.53. The Kier molecular flexibility index (Phi) is 7.24. The molecular formula is C22H19Cl2F3N6O4S. The predicted molar refractivity (Wildman–Crippen MR) is 130 cm³/mol. The molecule has 0 bridgehead atoms. The highest BCUT2D eigenvalue weighted by Gasteiger charge is 2.48. The Hall–Kier alpha value is -2.59. The summed E-state index contributed by atoms with van der Waals surface area (Å²) in [6, 6.07) is 3.30. The second kappa shape index (κ2) is 10.2. The summed E-state index contributed by atoms with van der Waals surface area (Å²) in [5, 5.41) is 46.8. The van der Waals surface area contributed by atoms with Crippen LogP contribution in [0.3, 0.4) is 0 Å². The van der Waals surface area contributed by atoms with Crippen LogP contribution in [0.2, 0.25) is 10.2 Å². The van der Waals surface area contributed by atoms with Gasteiger partial charge in [0.15, 0.2) is 0 Å². The molecule has 1 saturated heterocycles. The number of aryl methyl sites for hydroxylation is 1. The van der Waals surface area contributed by atoms with Crippen molar-refractivity contribution in [2.75, 3.05) is 6.61 Å². The van der Waals surface area contributed by atoms with Crippen molar-refractivity contribution in [3.63, 3.8) is 0 Å². The van der Waals surface area contributed by atoms with Gasteiger partial charge in [0.25, 0.3) is 0 Å². The third kappa shape index (κ3) is 4.93. The van der Waals surface area contributed by atoms with E-state index in [2.05, 4.69) is 20.4 Å². The largest absolute Gasteiger partial charge is 0.418 e. The van der Waals surface area contributed by atoms with Crippen LogP contribution in [-0.4, -0.2) is 70.0 Å². The summed E-state index contributed by atoms with van der Waals surface area (Å²) in [4.78, 5) is 4.12. The van der Waals surface area contributed by atoms with Crippen molar-refractivity contribution in [2.24, 2.45) is 0 Å². The van der Waals surface area contributed by atoms with E-state index >= 15 is 0 Å². The summed E-state index contributed by atoms with van der Waals surface area (Å²) < 4.78 is 49.6. The molecule has 38 heavy (non-hydrogen) atoms. The Morgan fingerprint density at radius 2 is 1.92 bits per heavy atom. The fraction of sp³-hybridized carbons (Fsp3) is 0.364. The van der Waals surface area contributed by atoms with Gasteiger partial charge in [-0.05, 0) is 31.2 Å². The number of aliphatic hydroxyl groups is 3. The van der Waals surface area contributed by atoms with E-state index in [1.54, 1.807) is 12.3 Å². The zero-order chi connectivity index (χ0) is 27.4. The van der Waals surface area contributed by atoms with Gasteiger partial charge in [-0.1, -0.05) is 28.4 Å². The van der Waals surface area contributed by atoms with Gasteiger partial charge in [0.2, 0.25) is 0 Å². The number of aliphatic hydroxyl groups excluding tert-OH is 3. The van der Waals surface area contributed by atoms with E-state index in [1.165, 1.54) is 28.3 Å². The van der Waals surface area contributed by atoms with Crippen molar-refractivity contribution < 1.29 is 33.2 Å². The SMILES string of the molecule is Cc1cc([C@@H]2OC(CO)[C@H](O)[C@H](n3cc(-c4nc(Cl)cs4)nn3)C2O)n(-c2cc(Cl)ccc2C(F)(F)F)n1. The van der Waals surface area contributed by atoms with E-state index in [1.807, 2.05) is 0 Å². The molecule has 4 heterocycles. The van der Waals surface area contributed by atoms with E-state index in [-0.39, 0.29) is 21.6 Å². The number of nitrogens with zero attached hydrogens (tertiary/aromatic N) is 6. The van der Waals surface area contributed by atoms with Gasteiger partial charge < -0.3 is 20.1 Å². The van der Waals surface area contributed by atoms with Crippen LogP contribution in [0, 0.1) is 6.92 Å². The molecule has 3 aromatic heterocycles. The smallest absolute Gasteiger partial charge is 0.394 e. The maximum Gasteiger partial charge on any atom is 0.418 e. The van der Waals surface area contributed by atoms with Crippen LogP contribution in [-0.2, 0) is 10.9 Å². The van der Waals surface area contributed by atoms with E-state index in [0.717, 1.165) is 22.9 Å². The molecule has 0 amide bonds. The molecule has 3 N–H and O–H groups in total. The molecule has 16 heteroatoms. The number of hydrogen-bond donors (Lipinski definition) is 3. The third-order valence-corrected chi connectivity index (χ3v) is 7.47.